The first-order chi connectivity index (χ1) is 8.95. The number of carbonyl (C=O) groups is 1. The van der Waals surface area contributed by atoms with Crippen molar-refractivity contribution in [2.75, 3.05) is 6.54 Å². The highest BCUT2D eigenvalue weighted by atomic mass is 79.9. The fraction of sp³-hybridized carbons (Fsp3) is 0.455. The molecule has 0 spiro atoms. The van der Waals surface area contributed by atoms with Crippen LogP contribution in [0.25, 0.3) is 0 Å². The predicted molar refractivity (Wildman–Crippen MR) is 71.8 cm³/mol. The summed E-state index contributed by atoms with van der Waals surface area (Å²) in [6.45, 7) is 2.14. The number of aliphatic hydroxyl groups is 1. The summed E-state index contributed by atoms with van der Waals surface area (Å²) in [5, 5.41) is 22.5. The SMILES string of the molecule is CCC(O)CCNC(=O)c1cc([N+](=O)[O-])ncc1Br. The largest absolute Gasteiger partial charge is 0.393 e. The van der Waals surface area contributed by atoms with Crippen LogP contribution in [0.4, 0.5) is 5.82 Å². The molecule has 0 saturated carbocycles. The third kappa shape index (κ3) is 4.56. The van der Waals surface area contributed by atoms with E-state index in [1.54, 1.807) is 0 Å². The Kier molecular flexibility index (Phi) is 5.84. The smallest absolute Gasteiger partial charge is 0.364 e. The number of hydrogen-bond acceptors (Lipinski definition) is 5. The van der Waals surface area contributed by atoms with Crippen LogP contribution in [0.5, 0.6) is 0 Å². The number of rotatable bonds is 6. The summed E-state index contributed by atoms with van der Waals surface area (Å²) in [6.07, 6.45) is 1.80. The fourth-order valence-electron chi connectivity index (χ4n) is 1.35. The minimum atomic E-state index is -0.663. The number of halogens is 1. The van der Waals surface area contributed by atoms with E-state index in [0.29, 0.717) is 23.9 Å². The Balaban J connectivity index is 2.71. The van der Waals surface area contributed by atoms with E-state index >= 15 is 0 Å². The monoisotopic (exact) mass is 331 g/mol. The summed E-state index contributed by atoms with van der Waals surface area (Å²) in [5.41, 5.74) is 0.146. The molecule has 1 amide bonds. The zero-order chi connectivity index (χ0) is 14.4. The number of nitrogens with zero attached hydrogens (tertiary/aromatic N) is 2. The van der Waals surface area contributed by atoms with Gasteiger partial charge in [-0.1, -0.05) is 6.92 Å². The van der Waals surface area contributed by atoms with Gasteiger partial charge in [-0.25, -0.2) is 0 Å². The lowest BCUT2D eigenvalue weighted by Crippen LogP contribution is -2.27. The van der Waals surface area contributed by atoms with Crippen molar-refractivity contribution in [1.29, 1.82) is 0 Å². The van der Waals surface area contributed by atoms with Crippen molar-refractivity contribution in [2.24, 2.45) is 0 Å². The van der Waals surface area contributed by atoms with Crippen LogP contribution in [0.2, 0.25) is 0 Å². The van der Waals surface area contributed by atoms with E-state index in [9.17, 15) is 20.0 Å². The van der Waals surface area contributed by atoms with E-state index in [-0.39, 0.29) is 11.4 Å². The summed E-state index contributed by atoms with van der Waals surface area (Å²) in [4.78, 5) is 25.3. The van der Waals surface area contributed by atoms with E-state index in [2.05, 4.69) is 26.2 Å². The maximum atomic E-state index is 11.8. The molecule has 0 aliphatic rings. The predicted octanol–water partition coefficient (Wildman–Crippen LogP) is 1.64. The number of aliphatic hydroxyl groups excluding tert-OH is 1. The molecular weight excluding hydrogens is 318 g/mol. The molecule has 1 aromatic heterocycles. The second-order valence-corrected chi connectivity index (χ2v) is 4.74. The molecule has 7 nitrogen and oxygen atoms in total. The second-order valence-electron chi connectivity index (χ2n) is 3.89. The van der Waals surface area contributed by atoms with Gasteiger partial charge in [-0.05, 0) is 38.7 Å². The van der Waals surface area contributed by atoms with Gasteiger partial charge in [-0.15, -0.1) is 0 Å². The average molecular weight is 332 g/mol. The highest BCUT2D eigenvalue weighted by Crippen LogP contribution is 2.19. The molecule has 1 atom stereocenters. The van der Waals surface area contributed by atoms with Gasteiger partial charge >= 0.3 is 5.82 Å². The first-order valence-corrected chi connectivity index (χ1v) is 6.51. The van der Waals surface area contributed by atoms with Gasteiger partial charge in [0.05, 0.1) is 16.1 Å². The molecule has 0 aromatic carbocycles. The molecule has 0 radical (unpaired) electrons. The van der Waals surface area contributed by atoms with Crippen LogP contribution < -0.4 is 5.32 Å². The number of amides is 1. The van der Waals surface area contributed by atoms with Gasteiger partial charge < -0.3 is 20.5 Å². The van der Waals surface area contributed by atoms with Crippen molar-refractivity contribution < 1.29 is 14.8 Å². The van der Waals surface area contributed by atoms with Crippen LogP contribution in [0.15, 0.2) is 16.7 Å². The van der Waals surface area contributed by atoms with Crippen LogP contribution in [0.3, 0.4) is 0 Å². The molecule has 1 rings (SSSR count). The molecule has 8 heteroatoms. The summed E-state index contributed by atoms with van der Waals surface area (Å²) in [7, 11) is 0. The van der Waals surface area contributed by atoms with Gasteiger partial charge in [-0.3, -0.25) is 4.79 Å². The van der Waals surface area contributed by atoms with Gasteiger partial charge in [0.1, 0.15) is 0 Å². The summed E-state index contributed by atoms with van der Waals surface area (Å²) in [6, 6.07) is 1.11. The fourth-order valence-corrected chi connectivity index (χ4v) is 1.75. The van der Waals surface area contributed by atoms with E-state index < -0.39 is 16.9 Å². The molecule has 1 aromatic rings. The van der Waals surface area contributed by atoms with Gasteiger partial charge in [0.2, 0.25) is 0 Å². The molecule has 0 fully saturated rings. The standard InChI is InChI=1S/C11H14BrN3O4/c1-2-7(16)3-4-13-11(17)8-5-10(15(18)19)14-6-9(8)12/h5-7,16H,2-4H2,1H3,(H,13,17). The van der Waals surface area contributed by atoms with Crippen molar-refractivity contribution in [2.45, 2.75) is 25.9 Å². The number of pyridine rings is 1. The van der Waals surface area contributed by atoms with E-state index in [1.807, 2.05) is 6.92 Å². The Bertz CT molecular complexity index is 481. The molecule has 0 aliphatic carbocycles. The molecule has 1 unspecified atom stereocenters. The normalized spacial score (nSPS) is 11.9. The maximum Gasteiger partial charge on any atom is 0.364 e. The van der Waals surface area contributed by atoms with Crippen molar-refractivity contribution in [1.82, 2.24) is 10.3 Å². The van der Waals surface area contributed by atoms with Crippen molar-refractivity contribution in [3.05, 3.63) is 32.4 Å². The first-order valence-electron chi connectivity index (χ1n) is 5.72. The summed E-state index contributed by atoms with van der Waals surface area (Å²) in [5.74, 6) is -0.831. The quantitative estimate of drug-likeness (QED) is 0.609. The Hall–Kier alpha value is -1.54. The topological polar surface area (TPSA) is 105 Å². The van der Waals surface area contributed by atoms with E-state index in [0.717, 1.165) is 6.07 Å². The number of nitro groups is 1. The highest BCUT2D eigenvalue weighted by Gasteiger charge is 2.17. The zero-order valence-corrected chi connectivity index (χ0v) is 11.9. The van der Waals surface area contributed by atoms with Gasteiger partial charge in [0.15, 0.2) is 6.20 Å². The zero-order valence-electron chi connectivity index (χ0n) is 10.3. The molecule has 19 heavy (non-hydrogen) atoms. The number of carbonyl (C=O) groups excluding carboxylic acids is 1. The minimum absolute atomic E-state index is 0.146. The molecule has 0 bridgehead atoms. The summed E-state index contributed by atoms with van der Waals surface area (Å²) >= 11 is 3.12. The Morgan fingerprint density at radius 1 is 1.68 bits per heavy atom. The lowest BCUT2D eigenvalue weighted by Gasteiger charge is -2.09. The molecule has 0 aliphatic heterocycles. The van der Waals surface area contributed by atoms with E-state index in [1.165, 1.54) is 6.20 Å². The Morgan fingerprint density at radius 2 is 2.37 bits per heavy atom. The average Bonchev–Trinajstić information content (AvgIpc) is 2.38. The number of aromatic nitrogens is 1. The summed E-state index contributed by atoms with van der Waals surface area (Å²) < 4.78 is 0.381. The van der Waals surface area contributed by atoms with Crippen LogP contribution in [-0.4, -0.2) is 33.6 Å². The minimum Gasteiger partial charge on any atom is -0.393 e. The highest BCUT2D eigenvalue weighted by molar-refractivity contribution is 9.10. The molecule has 2 N–H and O–H groups in total. The van der Waals surface area contributed by atoms with Crippen LogP contribution in [0, 0.1) is 10.1 Å². The van der Waals surface area contributed by atoms with Crippen molar-refractivity contribution in [3.63, 3.8) is 0 Å². The van der Waals surface area contributed by atoms with Crippen molar-refractivity contribution >= 4 is 27.7 Å². The van der Waals surface area contributed by atoms with E-state index in [4.69, 9.17) is 0 Å². The Morgan fingerprint density at radius 3 is 2.95 bits per heavy atom. The van der Waals surface area contributed by atoms with Crippen LogP contribution >= 0.6 is 15.9 Å². The Labute approximate surface area is 118 Å². The van der Waals surface area contributed by atoms with Gasteiger partial charge in [-0.2, -0.15) is 0 Å². The molecular formula is C11H14BrN3O4. The lowest BCUT2D eigenvalue weighted by molar-refractivity contribution is -0.389. The van der Waals surface area contributed by atoms with Crippen LogP contribution in [-0.2, 0) is 0 Å². The first kappa shape index (κ1) is 15.5. The van der Waals surface area contributed by atoms with Crippen molar-refractivity contribution in [3.8, 4) is 0 Å². The van der Waals surface area contributed by atoms with Gasteiger partial charge in [0, 0.05) is 12.6 Å². The number of hydrogen-bond donors (Lipinski definition) is 2. The third-order valence-corrected chi connectivity index (χ3v) is 3.14. The number of nitrogens with one attached hydrogen (secondary N) is 1. The van der Waals surface area contributed by atoms with Crippen LogP contribution in [0.1, 0.15) is 30.1 Å². The maximum absolute atomic E-state index is 11.8. The lowest BCUT2D eigenvalue weighted by atomic mass is 10.2. The molecule has 1 heterocycles. The van der Waals surface area contributed by atoms with Gasteiger partial charge in [0.25, 0.3) is 5.91 Å². The second kappa shape index (κ2) is 7.15. The molecule has 0 saturated heterocycles. The third-order valence-electron chi connectivity index (χ3n) is 2.51. The molecule has 104 valence electrons.